The van der Waals surface area contributed by atoms with Gasteiger partial charge in [0.1, 0.15) is 5.75 Å². The molecule has 22 heavy (non-hydrogen) atoms. The lowest BCUT2D eigenvalue weighted by Crippen LogP contribution is -2.26. The highest BCUT2D eigenvalue weighted by molar-refractivity contribution is 6.32. The molecule has 4 heteroatoms. The summed E-state index contributed by atoms with van der Waals surface area (Å²) >= 11 is 6.01. The van der Waals surface area contributed by atoms with Crippen molar-refractivity contribution in [3.63, 3.8) is 0 Å². The maximum Gasteiger partial charge on any atom is 0.226 e. The summed E-state index contributed by atoms with van der Waals surface area (Å²) < 4.78 is 5.59. The Morgan fingerprint density at radius 2 is 1.82 bits per heavy atom. The van der Waals surface area contributed by atoms with Crippen LogP contribution in [0.4, 0.5) is 5.69 Å². The van der Waals surface area contributed by atoms with Crippen molar-refractivity contribution >= 4 is 23.2 Å². The molecule has 0 aliphatic carbocycles. The normalized spacial score (nSPS) is 10.3. The van der Waals surface area contributed by atoms with Crippen molar-refractivity contribution in [2.75, 3.05) is 18.6 Å². The Bertz CT molecular complexity index is 625. The molecule has 2 aromatic rings. The molecule has 0 radical (unpaired) electrons. The maximum absolute atomic E-state index is 12.2. The van der Waals surface area contributed by atoms with Gasteiger partial charge in [-0.25, -0.2) is 0 Å². The first-order valence-electron chi connectivity index (χ1n) is 7.28. The van der Waals surface area contributed by atoms with Gasteiger partial charge in [0.25, 0.3) is 0 Å². The predicted octanol–water partition coefficient (Wildman–Crippen LogP) is 4.47. The highest BCUT2D eigenvalue weighted by Gasteiger charge is 2.10. The summed E-state index contributed by atoms with van der Waals surface area (Å²) in [7, 11) is 1.79. The number of para-hydroxylation sites is 1. The summed E-state index contributed by atoms with van der Waals surface area (Å²) in [5, 5.41) is 0.589. The summed E-state index contributed by atoms with van der Waals surface area (Å²) in [6.45, 7) is 2.49. The molecule has 0 aromatic heterocycles. The molecule has 0 unspecified atom stereocenters. The van der Waals surface area contributed by atoms with Crippen molar-refractivity contribution in [2.24, 2.45) is 0 Å². The van der Waals surface area contributed by atoms with Gasteiger partial charge in [-0.1, -0.05) is 41.4 Å². The van der Waals surface area contributed by atoms with Gasteiger partial charge in [-0.3, -0.25) is 4.79 Å². The van der Waals surface area contributed by atoms with Crippen LogP contribution in [0.1, 0.15) is 18.4 Å². The number of halogens is 1. The van der Waals surface area contributed by atoms with Gasteiger partial charge >= 0.3 is 0 Å². The number of carbonyl (C=O) groups excluding carboxylic acids is 1. The topological polar surface area (TPSA) is 29.5 Å². The molecule has 3 nitrogen and oxygen atoms in total. The Morgan fingerprint density at radius 1 is 1.14 bits per heavy atom. The molecule has 0 heterocycles. The monoisotopic (exact) mass is 317 g/mol. The summed E-state index contributed by atoms with van der Waals surface area (Å²) in [4.78, 5) is 13.8. The molecule has 2 aromatic carbocycles. The van der Waals surface area contributed by atoms with Crippen molar-refractivity contribution in [3.05, 3.63) is 59.1 Å². The molecule has 0 saturated carbocycles. The van der Waals surface area contributed by atoms with Crippen LogP contribution in [0.5, 0.6) is 5.75 Å². The highest BCUT2D eigenvalue weighted by Crippen LogP contribution is 2.23. The average Bonchev–Trinajstić information content (AvgIpc) is 2.53. The van der Waals surface area contributed by atoms with E-state index in [1.807, 2.05) is 49.4 Å². The van der Waals surface area contributed by atoms with E-state index in [1.54, 1.807) is 18.0 Å². The van der Waals surface area contributed by atoms with Crippen molar-refractivity contribution in [2.45, 2.75) is 19.8 Å². The van der Waals surface area contributed by atoms with Crippen LogP contribution in [0.3, 0.4) is 0 Å². The number of ether oxygens (including phenoxy) is 1. The minimum atomic E-state index is 0.0756. The fourth-order valence-corrected chi connectivity index (χ4v) is 2.24. The fourth-order valence-electron chi connectivity index (χ4n) is 2.05. The Labute approximate surface area is 136 Å². The van der Waals surface area contributed by atoms with Crippen LogP contribution in [0.15, 0.2) is 48.5 Å². The number of amides is 1. The van der Waals surface area contributed by atoms with E-state index in [-0.39, 0.29) is 5.91 Å². The number of benzene rings is 2. The lowest BCUT2D eigenvalue weighted by molar-refractivity contribution is -0.118. The van der Waals surface area contributed by atoms with E-state index < -0.39 is 0 Å². The van der Waals surface area contributed by atoms with Crippen LogP contribution >= 0.6 is 11.6 Å². The van der Waals surface area contributed by atoms with E-state index in [0.29, 0.717) is 30.2 Å². The number of rotatable bonds is 6. The molecule has 0 atom stereocenters. The van der Waals surface area contributed by atoms with Crippen LogP contribution in [-0.2, 0) is 4.79 Å². The lowest BCUT2D eigenvalue weighted by Gasteiger charge is -2.17. The summed E-state index contributed by atoms with van der Waals surface area (Å²) in [5.74, 6) is 0.732. The van der Waals surface area contributed by atoms with Crippen molar-refractivity contribution in [3.8, 4) is 5.75 Å². The van der Waals surface area contributed by atoms with Gasteiger partial charge in [0, 0.05) is 19.2 Å². The lowest BCUT2D eigenvalue weighted by atomic mass is 10.2. The number of nitrogens with zero attached hydrogens (tertiary/aromatic N) is 1. The fraction of sp³-hybridized carbons (Fsp3) is 0.278. The number of anilines is 1. The quantitative estimate of drug-likeness (QED) is 0.736. The van der Waals surface area contributed by atoms with Crippen LogP contribution in [-0.4, -0.2) is 19.6 Å². The van der Waals surface area contributed by atoms with Gasteiger partial charge in [0.2, 0.25) is 5.91 Å². The van der Waals surface area contributed by atoms with E-state index in [0.717, 1.165) is 5.69 Å². The third kappa shape index (κ3) is 4.50. The van der Waals surface area contributed by atoms with E-state index in [4.69, 9.17) is 16.3 Å². The molecular formula is C18H20ClNO2. The molecule has 0 spiro atoms. The van der Waals surface area contributed by atoms with E-state index in [9.17, 15) is 4.79 Å². The molecule has 116 valence electrons. The smallest absolute Gasteiger partial charge is 0.226 e. The molecule has 0 aliphatic heterocycles. The average molecular weight is 318 g/mol. The van der Waals surface area contributed by atoms with Gasteiger partial charge < -0.3 is 9.64 Å². The number of carbonyl (C=O) groups is 1. The van der Waals surface area contributed by atoms with Crippen molar-refractivity contribution in [1.82, 2.24) is 0 Å². The van der Waals surface area contributed by atoms with Gasteiger partial charge in [0.05, 0.1) is 11.6 Å². The first kappa shape index (κ1) is 16.4. The Hall–Kier alpha value is -2.00. The minimum Gasteiger partial charge on any atom is -0.492 e. The SMILES string of the molecule is Cc1ccc(N(C)C(=O)CCCOc2ccccc2Cl)cc1. The minimum absolute atomic E-state index is 0.0756. The van der Waals surface area contributed by atoms with Crippen LogP contribution in [0.2, 0.25) is 5.02 Å². The number of hydrogen-bond acceptors (Lipinski definition) is 2. The van der Waals surface area contributed by atoms with Gasteiger partial charge in [-0.15, -0.1) is 0 Å². The highest BCUT2D eigenvalue weighted by atomic mass is 35.5. The summed E-state index contributed by atoms with van der Waals surface area (Å²) in [6, 6.07) is 15.2. The van der Waals surface area contributed by atoms with E-state index in [1.165, 1.54) is 5.56 Å². The molecule has 0 fully saturated rings. The first-order chi connectivity index (χ1) is 10.6. The zero-order valence-electron chi connectivity index (χ0n) is 12.9. The Balaban J connectivity index is 1.78. The van der Waals surface area contributed by atoms with E-state index in [2.05, 4.69) is 0 Å². The Kier molecular flexibility index (Phi) is 5.84. The van der Waals surface area contributed by atoms with Crippen molar-refractivity contribution < 1.29 is 9.53 Å². The first-order valence-corrected chi connectivity index (χ1v) is 7.66. The molecule has 0 saturated heterocycles. The van der Waals surface area contributed by atoms with Crippen LogP contribution in [0, 0.1) is 6.92 Å². The zero-order chi connectivity index (χ0) is 15.9. The third-order valence-electron chi connectivity index (χ3n) is 3.42. The number of aryl methyl sites for hydroxylation is 1. The van der Waals surface area contributed by atoms with Gasteiger partial charge in [0.15, 0.2) is 0 Å². The second-order valence-corrected chi connectivity index (χ2v) is 5.58. The van der Waals surface area contributed by atoms with Crippen LogP contribution < -0.4 is 9.64 Å². The largest absolute Gasteiger partial charge is 0.492 e. The summed E-state index contributed by atoms with van der Waals surface area (Å²) in [6.07, 6.45) is 1.09. The van der Waals surface area contributed by atoms with Gasteiger partial charge in [-0.05, 0) is 37.6 Å². The zero-order valence-corrected chi connectivity index (χ0v) is 13.6. The molecule has 1 amide bonds. The maximum atomic E-state index is 12.2. The second-order valence-electron chi connectivity index (χ2n) is 5.17. The second kappa shape index (κ2) is 7.85. The third-order valence-corrected chi connectivity index (χ3v) is 3.74. The molecule has 0 aliphatic rings. The van der Waals surface area contributed by atoms with Gasteiger partial charge in [-0.2, -0.15) is 0 Å². The van der Waals surface area contributed by atoms with Crippen LogP contribution in [0.25, 0.3) is 0 Å². The molecule has 0 N–H and O–H groups in total. The molecular weight excluding hydrogens is 298 g/mol. The Morgan fingerprint density at radius 3 is 2.50 bits per heavy atom. The predicted molar refractivity (Wildman–Crippen MR) is 90.8 cm³/mol. The molecule has 2 rings (SSSR count). The standard InChI is InChI=1S/C18H20ClNO2/c1-14-9-11-15(12-10-14)20(2)18(21)8-5-13-22-17-7-4-3-6-16(17)19/h3-4,6-7,9-12H,5,8,13H2,1-2H3. The van der Waals surface area contributed by atoms with Crippen molar-refractivity contribution in [1.29, 1.82) is 0 Å². The number of hydrogen-bond donors (Lipinski definition) is 0. The summed E-state index contributed by atoms with van der Waals surface area (Å²) in [5.41, 5.74) is 2.08. The van der Waals surface area contributed by atoms with E-state index >= 15 is 0 Å². The molecule has 0 bridgehead atoms.